The van der Waals surface area contributed by atoms with Crippen molar-refractivity contribution in [1.29, 1.82) is 0 Å². The molecule has 2 atom stereocenters. The molecular weight excluding hydrogens is 359 g/mol. The van der Waals surface area contributed by atoms with E-state index in [0.717, 1.165) is 0 Å². The number of ether oxygens (including phenoxy) is 1. The molecule has 0 aromatic heterocycles. The maximum atomic E-state index is 13.9. The molecule has 28 heavy (non-hydrogen) atoms. The number of nitrogens with one attached hydrogen (secondary N) is 1. The van der Waals surface area contributed by atoms with Gasteiger partial charge in [-0.25, -0.2) is 4.39 Å². The molecule has 0 aliphatic carbocycles. The second-order valence-corrected chi connectivity index (χ2v) is 7.96. The Labute approximate surface area is 165 Å². The van der Waals surface area contributed by atoms with Crippen LogP contribution in [0.2, 0.25) is 0 Å². The zero-order chi connectivity index (χ0) is 20.9. The predicted molar refractivity (Wildman–Crippen MR) is 108 cm³/mol. The number of rotatable bonds is 7. The molecule has 0 aliphatic rings. The fourth-order valence-corrected chi connectivity index (χ4v) is 2.93. The number of carbonyl (C=O) groups excluding carboxylic acids is 1. The van der Waals surface area contributed by atoms with Crippen LogP contribution in [0.5, 0.6) is 5.75 Å². The van der Waals surface area contributed by atoms with Crippen LogP contribution in [-0.2, 0) is 12.8 Å². The molecule has 0 radical (unpaired) electrons. The van der Waals surface area contributed by atoms with E-state index in [1.807, 2.05) is 20.8 Å². The molecule has 0 saturated heterocycles. The van der Waals surface area contributed by atoms with Gasteiger partial charge in [0.05, 0.1) is 13.2 Å². The molecule has 0 unspecified atom stereocenters. The van der Waals surface area contributed by atoms with E-state index in [2.05, 4.69) is 5.32 Å². The average molecular weight is 388 g/mol. The Kier molecular flexibility index (Phi) is 7.16. The topological polar surface area (TPSA) is 84.6 Å². The predicted octanol–water partition coefficient (Wildman–Crippen LogP) is 2.84. The Hall–Kier alpha value is -2.44. The van der Waals surface area contributed by atoms with Crippen molar-refractivity contribution in [1.82, 2.24) is 5.32 Å². The molecule has 2 rings (SSSR count). The number of nitrogens with two attached hydrogens (primary N) is 1. The summed E-state index contributed by atoms with van der Waals surface area (Å²) in [6.45, 7) is 5.69. The highest BCUT2D eigenvalue weighted by atomic mass is 19.1. The van der Waals surface area contributed by atoms with Crippen LogP contribution in [0.25, 0.3) is 0 Å². The van der Waals surface area contributed by atoms with E-state index in [9.17, 15) is 14.3 Å². The third-order valence-electron chi connectivity index (χ3n) is 4.38. The number of carbonyl (C=O) groups is 1. The molecule has 2 aromatic rings. The second-order valence-electron chi connectivity index (χ2n) is 7.96. The smallest absolute Gasteiger partial charge is 0.251 e. The van der Waals surface area contributed by atoms with Crippen LogP contribution in [0.3, 0.4) is 0 Å². The molecule has 0 fully saturated rings. The zero-order valence-corrected chi connectivity index (χ0v) is 16.8. The van der Waals surface area contributed by atoms with Gasteiger partial charge in [-0.05, 0) is 62.6 Å². The van der Waals surface area contributed by atoms with Crippen LogP contribution in [0.1, 0.15) is 42.3 Å². The number of methoxy groups -OCH3 is 1. The molecule has 0 saturated carbocycles. The molecular formula is C22H29FN2O3. The van der Waals surface area contributed by atoms with Gasteiger partial charge in [0.2, 0.25) is 0 Å². The van der Waals surface area contributed by atoms with Gasteiger partial charge in [-0.15, -0.1) is 0 Å². The summed E-state index contributed by atoms with van der Waals surface area (Å²) >= 11 is 0. The molecule has 0 bridgehead atoms. The summed E-state index contributed by atoms with van der Waals surface area (Å²) in [4.78, 5) is 12.7. The van der Waals surface area contributed by atoms with E-state index in [1.54, 1.807) is 36.4 Å². The van der Waals surface area contributed by atoms with Crippen molar-refractivity contribution >= 4 is 5.91 Å². The molecule has 6 heteroatoms. The second kappa shape index (κ2) is 9.17. The third-order valence-corrected chi connectivity index (χ3v) is 4.38. The first kappa shape index (κ1) is 21.9. The lowest BCUT2D eigenvalue weighted by atomic mass is 9.93. The van der Waals surface area contributed by atoms with Crippen molar-refractivity contribution in [3.8, 4) is 5.75 Å². The molecule has 0 aliphatic heterocycles. The van der Waals surface area contributed by atoms with Crippen LogP contribution in [0.15, 0.2) is 42.5 Å². The zero-order valence-electron chi connectivity index (χ0n) is 16.8. The van der Waals surface area contributed by atoms with Crippen molar-refractivity contribution in [2.75, 3.05) is 7.11 Å². The Morgan fingerprint density at radius 3 is 2.46 bits per heavy atom. The highest BCUT2D eigenvalue weighted by molar-refractivity contribution is 5.96. The van der Waals surface area contributed by atoms with Gasteiger partial charge in [-0.3, -0.25) is 4.79 Å². The number of amides is 1. The van der Waals surface area contributed by atoms with Crippen LogP contribution in [-0.4, -0.2) is 35.8 Å². The van der Waals surface area contributed by atoms with Crippen molar-refractivity contribution < 1.29 is 19.0 Å². The van der Waals surface area contributed by atoms with Gasteiger partial charge < -0.3 is 20.9 Å². The van der Waals surface area contributed by atoms with Crippen molar-refractivity contribution in [3.05, 3.63) is 65.0 Å². The molecule has 5 nitrogen and oxygen atoms in total. The quantitative estimate of drug-likeness (QED) is 0.681. The van der Waals surface area contributed by atoms with Crippen molar-refractivity contribution in [2.24, 2.45) is 5.73 Å². The fraction of sp³-hybridized carbons (Fsp3) is 0.409. The van der Waals surface area contributed by atoms with E-state index in [0.29, 0.717) is 22.4 Å². The maximum Gasteiger partial charge on any atom is 0.251 e. The van der Waals surface area contributed by atoms with Gasteiger partial charge in [0, 0.05) is 23.6 Å². The largest absolute Gasteiger partial charge is 0.497 e. The summed E-state index contributed by atoms with van der Waals surface area (Å²) in [5, 5.41) is 13.5. The average Bonchev–Trinajstić information content (AvgIpc) is 2.61. The lowest BCUT2D eigenvalue weighted by Gasteiger charge is -2.23. The molecule has 0 heterocycles. The molecule has 152 valence electrons. The third kappa shape index (κ3) is 6.04. The standard InChI is InChI=1S/C22H29FN2O3/c1-22(2,3)25-21(27)17-10-9-16(28-4)11-15(17)13-20(26)19(24)12-14-7-5-6-8-18(14)23/h5-11,19-20,26H,12-13,24H2,1-4H3,(H,25,27)/t19-,20+/m1/s1. The lowest BCUT2D eigenvalue weighted by Crippen LogP contribution is -2.42. The van der Waals surface area contributed by atoms with Gasteiger partial charge in [0.15, 0.2) is 0 Å². The number of aliphatic hydroxyl groups excluding tert-OH is 1. The highest BCUT2D eigenvalue weighted by Crippen LogP contribution is 2.21. The molecule has 4 N–H and O–H groups in total. The van der Waals surface area contributed by atoms with Crippen LogP contribution in [0.4, 0.5) is 4.39 Å². The SMILES string of the molecule is COc1ccc(C(=O)NC(C)(C)C)c(C[C@H](O)[C@H](N)Cc2ccccc2F)c1. The number of aliphatic hydroxyl groups is 1. The summed E-state index contributed by atoms with van der Waals surface area (Å²) in [5.74, 6) is -0.00557. The van der Waals surface area contributed by atoms with Crippen molar-refractivity contribution in [3.63, 3.8) is 0 Å². The number of hydrogen-bond donors (Lipinski definition) is 3. The van der Waals surface area contributed by atoms with E-state index >= 15 is 0 Å². The minimum atomic E-state index is -0.951. The monoisotopic (exact) mass is 388 g/mol. The molecule has 0 spiro atoms. The maximum absolute atomic E-state index is 13.9. The molecule has 1 amide bonds. The highest BCUT2D eigenvalue weighted by Gasteiger charge is 2.23. The van der Waals surface area contributed by atoms with Gasteiger partial charge in [-0.2, -0.15) is 0 Å². The summed E-state index contributed by atoms with van der Waals surface area (Å²) in [5.41, 5.74) is 7.25. The first-order chi connectivity index (χ1) is 13.1. The summed E-state index contributed by atoms with van der Waals surface area (Å²) < 4.78 is 19.1. The molecule has 2 aromatic carbocycles. The van der Waals surface area contributed by atoms with Gasteiger partial charge in [-0.1, -0.05) is 18.2 Å². The van der Waals surface area contributed by atoms with Crippen molar-refractivity contribution in [2.45, 2.75) is 51.3 Å². The Balaban J connectivity index is 2.20. The van der Waals surface area contributed by atoms with Gasteiger partial charge >= 0.3 is 0 Å². The minimum Gasteiger partial charge on any atom is -0.497 e. The summed E-state index contributed by atoms with van der Waals surface area (Å²) in [6.07, 6.45) is -0.603. The first-order valence-corrected chi connectivity index (χ1v) is 9.27. The Morgan fingerprint density at radius 1 is 1.18 bits per heavy atom. The Morgan fingerprint density at radius 2 is 1.86 bits per heavy atom. The van der Waals surface area contributed by atoms with Crippen LogP contribution >= 0.6 is 0 Å². The fourth-order valence-electron chi connectivity index (χ4n) is 2.93. The van der Waals surface area contributed by atoms with E-state index in [1.165, 1.54) is 13.2 Å². The van der Waals surface area contributed by atoms with Crippen LogP contribution in [0, 0.1) is 5.82 Å². The van der Waals surface area contributed by atoms with Gasteiger partial charge in [0.1, 0.15) is 11.6 Å². The number of halogens is 1. The van der Waals surface area contributed by atoms with Gasteiger partial charge in [0.25, 0.3) is 5.91 Å². The van der Waals surface area contributed by atoms with E-state index in [4.69, 9.17) is 10.5 Å². The van der Waals surface area contributed by atoms with Crippen LogP contribution < -0.4 is 15.8 Å². The minimum absolute atomic E-state index is 0.152. The number of hydrogen-bond acceptors (Lipinski definition) is 4. The lowest BCUT2D eigenvalue weighted by molar-refractivity contribution is 0.0916. The first-order valence-electron chi connectivity index (χ1n) is 9.27. The normalized spacial score (nSPS) is 13.7. The van der Waals surface area contributed by atoms with E-state index in [-0.39, 0.29) is 24.6 Å². The number of benzene rings is 2. The summed E-state index contributed by atoms with van der Waals surface area (Å²) in [6, 6.07) is 10.8. The Bertz CT molecular complexity index is 818. The van der Waals surface area contributed by atoms with E-state index < -0.39 is 17.7 Å². The summed E-state index contributed by atoms with van der Waals surface area (Å²) in [7, 11) is 1.54.